The van der Waals surface area contributed by atoms with Crippen LogP contribution in [0.25, 0.3) is 10.2 Å². The Balaban J connectivity index is 1.81. The van der Waals surface area contributed by atoms with Crippen LogP contribution in [0.5, 0.6) is 0 Å². The van der Waals surface area contributed by atoms with Crippen LogP contribution in [0.3, 0.4) is 0 Å². The summed E-state index contributed by atoms with van der Waals surface area (Å²) in [5, 5.41) is 20.0. The van der Waals surface area contributed by atoms with E-state index >= 15 is 0 Å². The van der Waals surface area contributed by atoms with Crippen LogP contribution in [0, 0.1) is 10.8 Å². The maximum absolute atomic E-state index is 11.4. The van der Waals surface area contributed by atoms with E-state index in [2.05, 4.69) is 17.0 Å². The standard InChI is InChI=1S/C17H19N5OS/c1-10(18)3-6-16(19)22-8-7-13(21-22)11(2)12-4-5-14-15(9-12)24-17(23)20-14/h4-5,7-9,11,18-19H,3,6H2,1-2H3,(H,20,23). The van der Waals surface area contributed by atoms with Crippen molar-refractivity contribution in [3.63, 3.8) is 0 Å². The van der Waals surface area contributed by atoms with Crippen LogP contribution in [0.15, 0.2) is 35.3 Å². The Labute approximate surface area is 143 Å². The molecule has 6 nitrogen and oxygen atoms in total. The Morgan fingerprint density at radius 3 is 2.88 bits per heavy atom. The monoisotopic (exact) mass is 341 g/mol. The van der Waals surface area contributed by atoms with Crippen LogP contribution in [0.2, 0.25) is 0 Å². The van der Waals surface area contributed by atoms with Gasteiger partial charge in [0.1, 0.15) is 5.84 Å². The summed E-state index contributed by atoms with van der Waals surface area (Å²) in [6, 6.07) is 7.86. The number of nitrogens with zero attached hydrogens (tertiary/aromatic N) is 2. The number of aromatic amines is 1. The summed E-state index contributed by atoms with van der Waals surface area (Å²) in [6.45, 7) is 3.81. The lowest BCUT2D eigenvalue weighted by Gasteiger charge is -2.09. The molecular formula is C17H19N5OS. The highest BCUT2D eigenvalue weighted by Gasteiger charge is 2.14. The number of hydrogen-bond acceptors (Lipinski definition) is 5. The minimum absolute atomic E-state index is 0.0472. The van der Waals surface area contributed by atoms with E-state index in [1.165, 1.54) is 11.3 Å². The van der Waals surface area contributed by atoms with Gasteiger partial charge in [0, 0.05) is 24.2 Å². The van der Waals surface area contributed by atoms with E-state index in [0.717, 1.165) is 21.5 Å². The Bertz CT molecular complexity index is 965. The molecule has 2 aromatic heterocycles. The minimum Gasteiger partial charge on any atom is -0.312 e. The molecule has 1 unspecified atom stereocenters. The lowest BCUT2D eigenvalue weighted by molar-refractivity contribution is 0.801. The van der Waals surface area contributed by atoms with E-state index < -0.39 is 0 Å². The van der Waals surface area contributed by atoms with Gasteiger partial charge in [0.15, 0.2) is 0 Å². The summed E-state index contributed by atoms with van der Waals surface area (Å²) >= 11 is 1.21. The number of fused-ring (bicyclic) bond motifs is 1. The molecule has 7 heteroatoms. The van der Waals surface area contributed by atoms with Gasteiger partial charge in [-0.25, -0.2) is 4.68 Å². The second kappa shape index (κ2) is 6.52. The molecule has 0 aliphatic carbocycles. The SMILES string of the molecule is CC(=N)CCC(=N)n1ccc(C(C)c2ccc3[nH]c(=O)sc3c2)n1. The third-order valence-corrected chi connectivity index (χ3v) is 4.86. The minimum atomic E-state index is -0.0472. The van der Waals surface area contributed by atoms with E-state index in [1.54, 1.807) is 17.8 Å². The maximum atomic E-state index is 11.4. The van der Waals surface area contributed by atoms with Crippen LogP contribution in [0.4, 0.5) is 0 Å². The van der Waals surface area contributed by atoms with Gasteiger partial charge in [0.05, 0.1) is 15.9 Å². The lowest BCUT2D eigenvalue weighted by Crippen LogP contribution is -2.13. The van der Waals surface area contributed by atoms with Crippen molar-refractivity contribution in [2.75, 3.05) is 0 Å². The molecule has 1 aromatic carbocycles. The summed E-state index contributed by atoms with van der Waals surface area (Å²) in [7, 11) is 0. The third kappa shape index (κ3) is 3.35. The van der Waals surface area contributed by atoms with E-state index in [1.807, 2.05) is 24.3 Å². The zero-order chi connectivity index (χ0) is 17.3. The van der Waals surface area contributed by atoms with Gasteiger partial charge in [0.2, 0.25) is 0 Å². The number of nitrogens with one attached hydrogen (secondary N) is 3. The van der Waals surface area contributed by atoms with Gasteiger partial charge < -0.3 is 10.4 Å². The van der Waals surface area contributed by atoms with Gasteiger partial charge >= 0.3 is 4.87 Å². The largest absolute Gasteiger partial charge is 0.312 e. The summed E-state index contributed by atoms with van der Waals surface area (Å²) < 4.78 is 2.51. The van der Waals surface area contributed by atoms with Crippen molar-refractivity contribution in [3.05, 3.63) is 51.4 Å². The molecule has 3 rings (SSSR count). The summed E-state index contributed by atoms with van der Waals surface area (Å²) in [5.41, 5.74) is 3.40. The first-order chi connectivity index (χ1) is 11.4. The molecule has 0 bridgehead atoms. The van der Waals surface area contributed by atoms with Gasteiger partial charge in [-0.1, -0.05) is 24.3 Å². The molecular weight excluding hydrogens is 322 g/mol. The first-order valence-corrected chi connectivity index (χ1v) is 8.56. The molecule has 0 saturated heterocycles. The molecule has 0 amide bonds. The van der Waals surface area contributed by atoms with Crippen molar-refractivity contribution in [3.8, 4) is 0 Å². The van der Waals surface area contributed by atoms with E-state index in [9.17, 15) is 4.79 Å². The summed E-state index contributed by atoms with van der Waals surface area (Å²) in [5.74, 6) is 0.462. The summed E-state index contributed by atoms with van der Waals surface area (Å²) in [4.78, 5) is 14.2. The third-order valence-electron chi connectivity index (χ3n) is 4.01. The van der Waals surface area contributed by atoms with Gasteiger partial charge in [-0.05, 0) is 37.1 Å². The zero-order valence-corrected chi connectivity index (χ0v) is 14.4. The fourth-order valence-corrected chi connectivity index (χ4v) is 3.33. The van der Waals surface area contributed by atoms with Gasteiger partial charge in [0.25, 0.3) is 0 Å². The Hall–Kier alpha value is -2.54. The number of rotatable bonds is 5. The second-order valence-corrected chi connectivity index (χ2v) is 6.92. The molecule has 3 N–H and O–H groups in total. The van der Waals surface area contributed by atoms with Crippen molar-refractivity contribution >= 4 is 33.1 Å². The molecule has 124 valence electrons. The molecule has 0 spiro atoms. The van der Waals surface area contributed by atoms with Crippen molar-refractivity contribution in [2.24, 2.45) is 0 Å². The first kappa shape index (κ1) is 16.3. The van der Waals surface area contributed by atoms with Gasteiger partial charge in [-0.3, -0.25) is 10.2 Å². The highest BCUT2D eigenvalue weighted by molar-refractivity contribution is 7.16. The average Bonchev–Trinajstić information content (AvgIpc) is 3.16. The number of benzene rings is 1. The smallest absolute Gasteiger partial charge is 0.305 e. The van der Waals surface area contributed by atoms with Crippen LogP contribution < -0.4 is 4.87 Å². The number of H-pyrrole nitrogens is 1. The predicted octanol–water partition coefficient (Wildman–Crippen LogP) is 3.58. The molecule has 2 heterocycles. The van der Waals surface area contributed by atoms with E-state index in [-0.39, 0.29) is 10.8 Å². The van der Waals surface area contributed by atoms with Crippen LogP contribution in [-0.4, -0.2) is 26.3 Å². The van der Waals surface area contributed by atoms with Crippen LogP contribution in [0.1, 0.15) is 43.9 Å². The van der Waals surface area contributed by atoms with Crippen molar-refractivity contribution in [2.45, 2.75) is 32.6 Å². The Kier molecular flexibility index (Phi) is 4.44. The number of thiazole rings is 1. The summed E-state index contributed by atoms with van der Waals surface area (Å²) in [6.07, 6.45) is 2.88. The second-order valence-electron chi connectivity index (χ2n) is 5.90. The normalized spacial score (nSPS) is 12.4. The highest BCUT2D eigenvalue weighted by Crippen LogP contribution is 2.26. The topological polar surface area (TPSA) is 98.4 Å². The molecule has 0 radical (unpaired) electrons. The fourth-order valence-electron chi connectivity index (χ4n) is 2.54. The van der Waals surface area contributed by atoms with Crippen molar-refractivity contribution in [1.29, 1.82) is 10.8 Å². The average molecular weight is 341 g/mol. The van der Waals surface area contributed by atoms with E-state index in [0.29, 0.717) is 24.4 Å². The van der Waals surface area contributed by atoms with Crippen LogP contribution in [-0.2, 0) is 0 Å². The molecule has 0 saturated carbocycles. The van der Waals surface area contributed by atoms with Crippen LogP contribution >= 0.6 is 11.3 Å². The molecule has 3 aromatic rings. The molecule has 0 aliphatic heterocycles. The quantitative estimate of drug-likeness (QED) is 0.488. The molecule has 0 fully saturated rings. The molecule has 0 aliphatic rings. The lowest BCUT2D eigenvalue weighted by atomic mass is 9.98. The number of hydrogen-bond donors (Lipinski definition) is 3. The van der Waals surface area contributed by atoms with Crippen molar-refractivity contribution < 1.29 is 0 Å². The Morgan fingerprint density at radius 2 is 2.12 bits per heavy atom. The molecule has 1 atom stereocenters. The maximum Gasteiger partial charge on any atom is 0.305 e. The van der Waals surface area contributed by atoms with Crippen molar-refractivity contribution in [1.82, 2.24) is 14.8 Å². The van der Waals surface area contributed by atoms with Gasteiger partial charge in [-0.2, -0.15) is 5.10 Å². The van der Waals surface area contributed by atoms with Gasteiger partial charge in [-0.15, -0.1) is 0 Å². The zero-order valence-electron chi connectivity index (χ0n) is 13.6. The highest BCUT2D eigenvalue weighted by atomic mass is 32.1. The first-order valence-electron chi connectivity index (χ1n) is 7.74. The fraction of sp³-hybridized carbons (Fsp3) is 0.294. The Morgan fingerprint density at radius 1 is 1.33 bits per heavy atom. The predicted molar refractivity (Wildman–Crippen MR) is 97.9 cm³/mol. The molecule has 24 heavy (non-hydrogen) atoms. The van der Waals surface area contributed by atoms with E-state index in [4.69, 9.17) is 10.8 Å². The number of aromatic nitrogens is 3.